The molecule has 0 saturated heterocycles. The van der Waals surface area contributed by atoms with E-state index in [0.717, 1.165) is 17.3 Å². The zero-order valence-electron chi connectivity index (χ0n) is 10.2. The van der Waals surface area contributed by atoms with Gasteiger partial charge >= 0.3 is 0 Å². The average Bonchev–Trinajstić information content (AvgIpc) is 2.32. The van der Waals surface area contributed by atoms with Crippen molar-refractivity contribution in [3.05, 3.63) is 22.2 Å². The van der Waals surface area contributed by atoms with Crippen molar-refractivity contribution in [1.82, 2.24) is 0 Å². The van der Waals surface area contributed by atoms with Gasteiger partial charge in [-0.3, -0.25) is 4.79 Å². The van der Waals surface area contributed by atoms with Crippen LogP contribution in [0.2, 0.25) is 0 Å². The lowest BCUT2D eigenvalue weighted by Gasteiger charge is -2.28. The Morgan fingerprint density at radius 2 is 2.22 bits per heavy atom. The molecule has 5 heteroatoms. The van der Waals surface area contributed by atoms with E-state index in [9.17, 15) is 4.79 Å². The number of methoxy groups -OCH3 is 1. The Labute approximate surface area is 115 Å². The van der Waals surface area contributed by atoms with Gasteiger partial charge in [0.2, 0.25) is 0 Å². The number of halogens is 1. The average molecular weight is 314 g/mol. The lowest BCUT2D eigenvalue weighted by molar-refractivity contribution is 0.0964. The monoisotopic (exact) mass is 313 g/mol. The molecular formula is C13H16BrNO3. The van der Waals surface area contributed by atoms with Crippen molar-refractivity contribution >= 4 is 21.7 Å². The van der Waals surface area contributed by atoms with Gasteiger partial charge in [0.05, 0.1) is 25.3 Å². The number of carbonyl (C=O) groups excluding carboxylic acids is 1. The molecule has 0 radical (unpaired) electrons. The van der Waals surface area contributed by atoms with Crippen LogP contribution >= 0.6 is 15.9 Å². The van der Waals surface area contributed by atoms with E-state index in [1.54, 1.807) is 19.2 Å². The van der Waals surface area contributed by atoms with Gasteiger partial charge in [0.15, 0.2) is 17.3 Å². The van der Waals surface area contributed by atoms with Crippen LogP contribution in [0.15, 0.2) is 16.6 Å². The van der Waals surface area contributed by atoms with Crippen molar-refractivity contribution in [2.24, 2.45) is 5.73 Å². The number of hydrogen-bond acceptors (Lipinski definition) is 4. The van der Waals surface area contributed by atoms with E-state index in [-0.39, 0.29) is 18.4 Å². The highest BCUT2D eigenvalue weighted by Crippen LogP contribution is 2.38. The minimum atomic E-state index is -0.149. The molecule has 0 atom stereocenters. The zero-order valence-corrected chi connectivity index (χ0v) is 11.8. The molecule has 0 amide bonds. The van der Waals surface area contributed by atoms with E-state index in [1.807, 2.05) is 0 Å². The first-order valence-corrected chi connectivity index (χ1v) is 6.72. The second-order valence-corrected chi connectivity index (χ2v) is 5.20. The Balaban J connectivity index is 2.39. The Morgan fingerprint density at radius 1 is 1.50 bits per heavy atom. The molecule has 0 aromatic heterocycles. The highest BCUT2D eigenvalue weighted by Gasteiger charge is 2.24. The predicted octanol–water partition coefficient (Wildman–Crippen LogP) is 2.53. The summed E-state index contributed by atoms with van der Waals surface area (Å²) in [5, 5.41) is 0. The first-order valence-electron chi connectivity index (χ1n) is 5.93. The number of nitrogens with two attached hydrogens (primary N) is 1. The van der Waals surface area contributed by atoms with Gasteiger partial charge in [-0.15, -0.1) is 0 Å². The number of ketones is 1. The lowest BCUT2D eigenvalue weighted by atomic mass is 9.96. The number of Topliss-reactive ketones (excluding diaryl/α,β-unsaturated/α-hetero) is 1. The van der Waals surface area contributed by atoms with Crippen molar-refractivity contribution in [3.8, 4) is 11.5 Å². The summed E-state index contributed by atoms with van der Waals surface area (Å²) in [5.41, 5.74) is 5.91. The zero-order chi connectivity index (χ0) is 13.1. The third-order valence-corrected chi connectivity index (χ3v) is 3.52. The fourth-order valence-electron chi connectivity index (χ4n) is 1.81. The molecule has 1 saturated carbocycles. The first-order chi connectivity index (χ1) is 8.65. The highest BCUT2D eigenvalue weighted by atomic mass is 79.9. The molecule has 0 unspecified atom stereocenters. The molecule has 1 fully saturated rings. The van der Waals surface area contributed by atoms with Crippen molar-refractivity contribution in [2.75, 3.05) is 13.7 Å². The van der Waals surface area contributed by atoms with Crippen LogP contribution in [0.3, 0.4) is 0 Å². The Morgan fingerprint density at radius 3 is 2.72 bits per heavy atom. The molecule has 98 valence electrons. The van der Waals surface area contributed by atoms with Crippen molar-refractivity contribution in [2.45, 2.75) is 25.4 Å². The fourth-order valence-corrected chi connectivity index (χ4v) is 2.25. The molecule has 1 aromatic carbocycles. The molecule has 0 aliphatic heterocycles. The smallest absolute Gasteiger partial charge is 0.180 e. The van der Waals surface area contributed by atoms with Crippen LogP contribution < -0.4 is 15.2 Å². The van der Waals surface area contributed by atoms with Crippen LogP contribution in [0.5, 0.6) is 11.5 Å². The normalized spacial score (nSPS) is 15.1. The summed E-state index contributed by atoms with van der Waals surface area (Å²) in [4.78, 5) is 11.9. The van der Waals surface area contributed by atoms with Gasteiger partial charge in [-0.2, -0.15) is 0 Å². The van der Waals surface area contributed by atoms with E-state index in [2.05, 4.69) is 15.9 Å². The topological polar surface area (TPSA) is 61.5 Å². The molecule has 4 nitrogen and oxygen atoms in total. The third kappa shape index (κ3) is 2.67. The lowest BCUT2D eigenvalue weighted by Crippen LogP contribution is -2.26. The van der Waals surface area contributed by atoms with Crippen LogP contribution in [0.1, 0.15) is 29.6 Å². The second kappa shape index (κ2) is 5.71. The molecule has 1 aromatic rings. The van der Waals surface area contributed by atoms with Gasteiger partial charge < -0.3 is 15.2 Å². The van der Waals surface area contributed by atoms with Crippen LogP contribution in [-0.2, 0) is 0 Å². The molecule has 0 spiro atoms. The van der Waals surface area contributed by atoms with Gasteiger partial charge in [0, 0.05) is 4.47 Å². The van der Waals surface area contributed by atoms with Gasteiger partial charge in [0.25, 0.3) is 0 Å². The summed E-state index contributed by atoms with van der Waals surface area (Å²) in [7, 11) is 1.56. The summed E-state index contributed by atoms with van der Waals surface area (Å²) in [6.07, 6.45) is 3.40. The number of hydrogen-bond donors (Lipinski definition) is 1. The molecule has 0 heterocycles. The largest absolute Gasteiger partial charge is 0.493 e. The Hall–Kier alpha value is -1.07. The fraction of sp³-hybridized carbons (Fsp3) is 0.462. The van der Waals surface area contributed by atoms with Crippen LogP contribution in [0, 0.1) is 0 Å². The van der Waals surface area contributed by atoms with E-state index in [1.165, 1.54) is 6.42 Å². The summed E-state index contributed by atoms with van der Waals surface area (Å²) >= 11 is 3.35. The quantitative estimate of drug-likeness (QED) is 0.849. The summed E-state index contributed by atoms with van der Waals surface area (Å²) < 4.78 is 11.9. The van der Waals surface area contributed by atoms with Crippen molar-refractivity contribution < 1.29 is 14.3 Å². The van der Waals surface area contributed by atoms with Gasteiger partial charge in [-0.05, 0) is 31.4 Å². The maximum absolute atomic E-state index is 11.9. The second-order valence-electron chi connectivity index (χ2n) is 4.28. The molecule has 2 N–H and O–H groups in total. The Bertz CT molecular complexity index is 458. The number of carbonyl (C=O) groups is 1. The number of benzene rings is 1. The maximum Gasteiger partial charge on any atom is 0.180 e. The van der Waals surface area contributed by atoms with Crippen LogP contribution in [0.25, 0.3) is 0 Å². The summed E-state index contributed by atoms with van der Waals surface area (Å²) in [5.74, 6) is 0.929. The van der Waals surface area contributed by atoms with Crippen molar-refractivity contribution in [3.63, 3.8) is 0 Å². The Kier molecular flexibility index (Phi) is 4.24. The molecular weight excluding hydrogens is 298 g/mol. The van der Waals surface area contributed by atoms with Gasteiger partial charge in [0.1, 0.15) is 0 Å². The van der Waals surface area contributed by atoms with E-state index in [4.69, 9.17) is 15.2 Å². The predicted molar refractivity (Wildman–Crippen MR) is 72.3 cm³/mol. The van der Waals surface area contributed by atoms with Crippen LogP contribution in [0.4, 0.5) is 0 Å². The minimum Gasteiger partial charge on any atom is -0.493 e. The SMILES string of the molecule is COc1cc(Br)cc(C(=O)CN)c1OC1CCC1. The molecule has 18 heavy (non-hydrogen) atoms. The molecule has 1 aliphatic carbocycles. The standard InChI is InChI=1S/C13H16BrNO3/c1-17-12-6-8(14)5-10(11(16)7-15)13(12)18-9-3-2-4-9/h5-6,9H,2-4,7,15H2,1H3. The summed E-state index contributed by atoms with van der Waals surface area (Å²) in [6, 6.07) is 3.52. The molecule has 2 rings (SSSR count). The van der Waals surface area contributed by atoms with E-state index < -0.39 is 0 Å². The maximum atomic E-state index is 11.9. The third-order valence-electron chi connectivity index (χ3n) is 3.06. The molecule has 1 aliphatic rings. The van der Waals surface area contributed by atoms with Crippen LogP contribution in [-0.4, -0.2) is 25.5 Å². The van der Waals surface area contributed by atoms with Gasteiger partial charge in [-0.1, -0.05) is 15.9 Å². The minimum absolute atomic E-state index is 0.0410. The van der Waals surface area contributed by atoms with Crippen molar-refractivity contribution in [1.29, 1.82) is 0 Å². The molecule has 0 bridgehead atoms. The number of ether oxygens (including phenoxy) is 2. The van der Waals surface area contributed by atoms with E-state index in [0.29, 0.717) is 17.1 Å². The number of rotatable bonds is 5. The first kappa shape index (κ1) is 13.4. The van der Waals surface area contributed by atoms with E-state index >= 15 is 0 Å². The van der Waals surface area contributed by atoms with Gasteiger partial charge in [-0.25, -0.2) is 0 Å². The summed E-state index contributed by atoms with van der Waals surface area (Å²) in [6.45, 7) is -0.0410. The highest BCUT2D eigenvalue weighted by molar-refractivity contribution is 9.10.